The molecule has 0 aromatic heterocycles. The van der Waals surface area contributed by atoms with Gasteiger partial charge in [0.1, 0.15) is 11.5 Å². The third-order valence-electron chi connectivity index (χ3n) is 3.29. The number of ether oxygens (including phenoxy) is 1. The summed E-state index contributed by atoms with van der Waals surface area (Å²) in [5, 5.41) is 13.3. The third kappa shape index (κ3) is 2.98. The fourth-order valence-electron chi connectivity index (χ4n) is 2.30. The molecule has 5 heteroatoms. The van der Waals surface area contributed by atoms with E-state index in [2.05, 4.69) is 19.2 Å². The van der Waals surface area contributed by atoms with Crippen molar-refractivity contribution in [1.29, 1.82) is 0 Å². The zero-order valence-electron chi connectivity index (χ0n) is 11.6. The predicted molar refractivity (Wildman–Crippen MR) is 72.6 cm³/mol. The quantitative estimate of drug-likeness (QED) is 0.843. The molecule has 1 saturated heterocycles. The molecule has 2 rings (SSSR count). The minimum atomic E-state index is -0.144. The Morgan fingerprint density at radius 1 is 1.47 bits per heavy atom. The van der Waals surface area contributed by atoms with E-state index in [9.17, 15) is 9.90 Å². The minimum Gasteiger partial charge on any atom is -0.507 e. The number of rotatable bonds is 2. The Morgan fingerprint density at radius 3 is 2.79 bits per heavy atom. The molecule has 0 saturated carbocycles. The van der Waals surface area contributed by atoms with Crippen molar-refractivity contribution < 1.29 is 14.6 Å². The molecule has 0 radical (unpaired) electrons. The van der Waals surface area contributed by atoms with Crippen molar-refractivity contribution in [3.63, 3.8) is 0 Å². The first-order valence-corrected chi connectivity index (χ1v) is 6.34. The highest BCUT2D eigenvalue weighted by Gasteiger charge is 2.30. The number of amides is 1. The standard InChI is InChI=1S/C14H20N2O3/c1-14(2)9-16(7-6-15-14)13(18)11-5-4-10(19-3)8-12(11)17/h4-5,8,15,17H,6-7,9H2,1-3H3. The molecule has 1 heterocycles. The number of methoxy groups -OCH3 is 1. The molecule has 2 N–H and O–H groups in total. The van der Waals surface area contributed by atoms with Crippen molar-refractivity contribution in [1.82, 2.24) is 10.2 Å². The van der Waals surface area contributed by atoms with Gasteiger partial charge >= 0.3 is 0 Å². The lowest BCUT2D eigenvalue weighted by molar-refractivity contribution is 0.0649. The maximum absolute atomic E-state index is 12.4. The van der Waals surface area contributed by atoms with E-state index in [-0.39, 0.29) is 17.2 Å². The zero-order valence-corrected chi connectivity index (χ0v) is 11.6. The monoisotopic (exact) mass is 264 g/mol. The molecule has 0 unspecified atom stereocenters. The van der Waals surface area contributed by atoms with Gasteiger partial charge in [-0.3, -0.25) is 4.79 Å². The fourth-order valence-corrected chi connectivity index (χ4v) is 2.30. The molecule has 1 aromatic rings. The smallest absolute Gasteiger partial charge is 0.257 e. The van der Waals surface area contributed by atoms with E-state index in [1.54, 1.807) is 17.0 Å². The second kappa shape index (κ2) is 5.09. The van der Waals surface area contributed by atoms with E-state index in [0.717, 1.165) is 6.54 Å². The van der Waals surface area contributed by atoms with Crippen molar-refractivity contribution in [3.8, 4) is 11.5 Å². The van der Waals surface area contributed by atoms with E-state index >= 15 is 0 Å². The molecule has 5 nitrogen and oxygen atoms in total. The number of carbonyl (C=O) groups is 1. The van der Waals surface area contributed by atoms with Gasteiger partial charge in [0.05, 0.1) is 12.7 Å². The minimum absolute atomic E-state index is 0.0410. The van der Waals surface area contributed by atoms with Crippen LogP contribution in [0.15, 0.2) is 18.2 Å². The van der Waals surface area contributed by atoms with Crippen LogP contribution in [0.5, 0.6) is 11.5 Å². The van der Waals surface area contributed by atoms with Gasteiger partial charge in [-0.2, -0.15) is 0 Å². The summed E-state index contributed by atoms with van der Waals surface area (Å²) in [4.78, 5) is 14.2. The summed E-state index contributed by atoms with van der Waals surface area (Å²) in [6, 6.07) is 4.74. The van der Waals surface area contributed by atoms with Crippen molar-refractivity contribution in [2.75, 3.05) is 26.7 Å². The molecule has 19 heavy (non-hydrogen) atoms. The molecule has 1 fully saturated rings. The molecular weight excluding hydrogens is 244 g/mol. The Balaban J connectivity index is 2.20. The van der Waals surface area contributed by atoms with Gasteiger partial charge in [-0.05, 0) is 26.0 Å². The average Bonchev–Trinajstić information content (AvgIpc) is 2.36. The Morgan fingerprint density at radius 2 is 2.21 bits per heavy atom. The highest BCUT2D eigenvalue weighted by atomic mass is 16.5. The van der Waals surface area contributed by atoms with E-state index in [1.807, 2.05) is 0 Å². The number of hydrogen-bond acceptors (Lipinski definition) is 4. The number of phenols is 1. The first kappa shape index (κ1) is 13.7. The van der Waals surface area contributed by atoms with Gasteiger partial charge in [-0.25, -0.2) is 0 Å². The van der Waals surface area contributed by atoms with Crippen LogP contribution in [0.25, 0.3) is 0 Å². The average molecular weight is 264 g/mol. The summed E-state index contributed by atoms with van der Waals surface area (Å²) in [5.74, 6) is 0.352. The first-order chi connectivity index (χ1) is 8.93. The summed E-state index contributed by atoms with van der Waals surface area (Å²) >= 11 is 0. The second-order valence-corrected chi connectivity index (χ2v) is 5.42. The third-order valence-corrected chi connectivity index (χ3v) is 3.29. The number of carbonyl (C=O) groups excluding carboxylic acids is 1. The molecule has 0 bridgehead atoms. The van der Waals surface area contributed by atoms with E-state index in [0.29, 0.717) is 24.4 Å². The summed E-state index contributed by atoms with van der Waals surface area (Å²) in [5.41, 5.74) is 0.217. The van der Waals surface area contributed by atoms with Crippen LogP contribution in [0.3, 0.4) is 0 Å². The van der Waals surface area contributed by atoms with Gasteiger partial charge in [0.25, 0.3) is 5.91 Å². The van der Waals surface area contributed by atoms with E-state index in [4.69, 9.17) is 4.74 Å². The Labute approximate surface area is 113 Å². The highest BCUT2D eigenvalue weighted by Crippen LogP contribution is 2.25. The Hall–Kier alpha value is -1.75. The maximum atomic E-state index is 12.4. The number of piperazine rings is 1. The summed E-state index contributed by atoms with van der Waals surface area (Å²) < 4.78 is 5.01. The highest BCUT2D eigenvalue weighted by molar-refractivity contribution is 5.97. The molecule has 1 amide bonds. The molecule has 1 aromatic carbocycles. The van der Waals surface area contributed by atoms with Gasteiger partial charge in [0.15, 0.2) is 0 Å². The van der Waals surface area contributed by atoms with Gasteiger partial charge in [0.2, 0.25) is 0 Å². The largest absolute Gasteiger partial charge is 0.507 e. The Kier molecular flexibility index (Phi) is 3.66. The van der Waals surface area contributed by atoms with E-state index < -0.39 is 0 Å². The second-order valence-electron chi connectivity index (χ2n) is 5.42. The molecule has 1 aliphatic rings. The number of benzene rings is 1. The molecule has 0 aliphatic carbocycles. The van der Waals surface area contributed by atoms with Crippen molar-refractivity contribution in [3.05, 3.63) is 23.8 Å². The van der Waals surface area contributed by atoms with Crippen LogP contribution in [0.1, 0.15) is 24.2 Å². The normalized spacial score (nSPS) is 18.2. The lowest BCUT2D eigenvalue weighted by atomic mass is 10.0. The zero-order chi connectivity index (χ0) is 14.0. The number of nitrogens with one attached hydrogen (secondary N) is 1. The van der Waals surface area contributed by atoms with E-state index in [1.165, 1.54) is 13.2 Å². The van der Waals surface area contributed by atoms with Crippen LogP contribution >= 0.6 is 0 Å². The van der Waals surface area contributed by atoms with Crippen molar-refractivity contribution in [2.24, 2.45) is 0 Å². The van der Waals surface area contributed by atoms with Gasteiger partial charge in [-0.1, -0.05) is 0 Å². The summed E-state index contributed by atoms with van der Waals surface area (Å²) in [6.07, 6.45) is 0. The number of nitrogens with zero attached hydrogens (tertiary/aromatic N) is 1. The van der Waals surface area contributed by atoms with Gasteiger partial charge in [0, 0.05) is 31.2 Å². The predicted octanol–water partition coefficient (Wildman–Crippen LogP) is 1.22. The summed E-state index contributed by atoms with van der Waals surface area (Å²) in [7, 11) is 1.52. The van der Waals surface area contributed by atoms with Crippen LogP contribution in [0.2, 0.25) is 0 Å². The molecule has 0 spiro atoms. The lowest BCUT2D eigenvalue weighted by Crippen LogP contribution is -2.58. The van der Waals surface area contributed by atoms with Crippen LogP contribution in [0.4, 0.5) is 0 Å². The number of phenolic OH excluding ortho intramolecular Hbond substituents is 1. The van der Waals surface area contributed by atoms with Crippen LogP contribution in [0, 0.1) is 0 Å². The van der Waals surface area contributed by atoms with Gasteiger partial charge in [-0.15, -0.1) is 0 Å². The first-order valence-electron chi connectivity index (χ1n) is 6.34. The van der Waals surface area contributed by atoms with Crippen LogP contribution in [-0.4, -0.2) is 48.2 Å². The molecule has 104 valence electrons. The topological polar surface area (TPSA) is 61.8 Å². The number of aromatic hydroxyl groups is 1. The molecular formula is C14H20N2O3. The maximum Gasteiger partial charge on any atom is 0.257 e. The summed E-state index contributed by atoms with van der Waals surface area (Å²) in [6.45, 7) is 6.14. The van der Waals surface area contributed by atoms with Crippen LogP contribution in [-0.2, 0) is 0 Å². The molecule has 0 atom stereocenters. The van der Waals surface area contributed by atoms with Crippen molar-refractivity contribution >= 4 is 5.91 Å². The number of hydrogen-bond donors (Lipinski definition) is 2. The lowest BCUT2D eigenvalue weighted by Gasteiger charge is -2.39. The van der Waals surface area contributed by atoms with Crippen LogP contribution < -0.4 is 10.1 Å². The van der Waals surface area contributed by atoms with Gasteiger partial charge < -0.3 is 20.1 Å². The fraction of sp³-hybridized carbons (Fsp3) is 0.500. The SMILES string of the molecule is COc1ccc(C(=O)N2CCNC(C)(C)C2)c(O)c1. The molecule has 1 aliphatic heterocycles. The van der Waals surface area contributed by atoms with Crippen molar-refractivity contribution in [2.45, 2.75) is 19.4 Å². The Bertz CT molecular complexity index is 486.